The number of benzene rings is 2. The Hall–Kier alpha value is -3.16. The molecule has 0 saturated heterocycles. The summed E-state index contributed by atoms with van der Waals surface area (Å²) < 4.78 is 5.84. The maximum Gasteiger partial charge on any atom is 0.149 e. The van der Waals surface area contributed by atoms with Crippen molar-refractivity contribution in [1.29, 1.82) is 5.26 Å². The summed E-state index contributed by atoms with van der Waals surface area (Å²) in [5, 5.41) is 10.1. The number of fused-ring (bicyclic) bond motifs is 1. The summed E-state index contributed by atoms with van der Waals surface area (Å²) in [6, 6.07) is 19.9. The minimum Gasteiger partial charge on any atom is -0.496 e. The molecule has 1 aromatic heterocycles. The molecular formula is C29H33N3O. The normalized spacial score (nSPS) is 15.2. The van der Waals surface area contributed by atoms with Crippen LogP contribution in [-0.2, 0) is 25.8 Å². The zero-order chi connectivity index (χ0) is 23.4. The average Bonchev–Trinajstić information content (AvgIpc) is 2.87. The summed E-state index contributed by atoms with van der Waals surface area (Å²) in [4.78, 5) is 7.20. The number of pyridine rings is 1. The third kappa shape index (κ3) is 4.51. The van der Waals surface area contributed by atoms with E-state index in [1.165, 1.54) is 28.7 Å². The molecule has 3 aromatic rings. The van der Waals surface area contributed by atoms with Gasteiger partial charge < -0.3 is 4.74 Å². The first-order valence-electron chi connectivity index (χ1n) is 12.0. The first-order chi connectivity index (χ1) is 16.1. The van der Waals surface area contributed by atoms with Crippen molar-refractivity contribution < 1.29 is 4.74 Å². The molecule has 0 aliphatic heterocycles. The van der Waals surface area contributed by atoms with Crippen LogP contribution in [-0.4, -0.2) is 24.0 Å². The molecular weight excluding hydrogens is 406 g/mol. The van der Waals surface area contributed by atoms with Crippen molar-refractivity contribution in [3.05, 3.63) is 82.0 Å². The van der Waals surface area contributed by atoms with Crippen molar-refractivity contribution >= 4 is 0 Å². The van der Waals surface area contributed by atoms with Crippen LogP contribution in [0.25, 0.3) is 11.3 Å². The number of rotatable bonds is 7. The minimum atomic E-state index is 0.332. The number of hydrogen-bond acceptors (Lipinski definition) is 4. The van der Waals surface area contributed by atoms with E-state index in [4.69, 9.17) is 9.72 Å². The third-order valence-corrected chi connectivity index (χ3v) is 6.94. The summed E-state index contributed by atoms with van der Waals surface area (Å²) in [6.07, 6.45) is 5.27. The molecule has 4 rings (SSSR count). The summed E-state index contributed by atoms with van der Waals surface area (Å²) in [6.45, 7) is 4.94. The van der Waals surface area contributed by atoms with Gasteiger partial charge in [0.2, 0.25) is 0 Å². The molecule has 2 aromatic carbocycles. The van der Waals surface area contributed by atoms with Crippen LogP contribution >= 0.6 is 0 Å². The van der Waals surface area contributed by atoms with E-state index in [2.05, 4.69) is 74.3 Å². The van der Waals surface area contributed by atoms with Crippen molar-refractivity contribution in [1.82, 2.24) is 9.88 Å². The molecule has 0 amide bonds. The Kier molecular flexibility index (Phi) is 7.11. The number of methoxy groups -OCH3 is 1. The maximum absolute atomic E-state index is 10.1. The lowest BCUT2D eigenvalue weighted by Crippen LogP contribution is -2.28. The number of aryl methyl sites for hydroxylation is 3. The van der Waals surface area contributed by atoms with Gasteiger partial charge in [-0.05, 0) is 61.4 Å². The van der Waals surface area contributed by atoms with Crippen LogP contribution in [0.1, 0.15) is 66.2 Å². The molecule has 0 N–H and O–H groups in total. The van der Waals surface area contributed by atoms with Gasteiger partial charge in [0.05, 0.1) is 12.8 Å². The van der Waals surface area contributed by atoms with E-state index < -0.39 is 0 Å². The van der Waals surface area contributed by atoms with Crippen molar-refractivity contribution in [3.63, 3.8) is 0 Å². The lowest BCUT2D eigenvalue weighted by atomic mass is 9.87. The van der Waals surface area contributed by atoms with Gasteiger partial charge in [0.1, 0.15) is 17.5 Å². The predicted molar refractivity (Wildman–Crippen MR) is 133 cm³/mol. The highest BCUT2D eigenvalue weighted by Crippen LogP contribution is 2.37. The standard InChI is InChI=1S/C29H33N3O/c1-5-20-12-9-13-21(6-2)29(20)25-17-28(33-4)24(26(18-30)31-25)19-32(3)27-16-10-14-22-11-7-8-15-23(22)27/h7-9,11-13,15,17,27H,5-6,10,14,16,19H2,1-4H3. The predicted octanol–water partition coefficient (Wildman–Crippen LogP) is 6.26. The molecule has 1 unspecified atom stereocenters. The lowest BCUT2D eigenvalue weighted by Gasteiger charge is -2.33. The fraction of sp³-hybridized carbons (Fsp3) is 0.379. The van der Waals surface area contributed by atoms with Crippen molar-refractivity contribution in [2.45, 2.75) is 58.5 Å². The fourth-order valence-electron chi connectivity index (χ4n) is 5.22. The summed E-state index contributed by atoms with van der Waals surface area (Å²) in [5.74, 6) is 0.737. The van der Waals surface area contributed by atoms with Crippen LogP contribution < -0.4 is 4.74 Å². The van der Waals surface area contributed by atoms with Gasteiger partial charge in [-0.2, -0.15) is 5.26 Å². The smallest absolute Gasteiger partial charge is 0.149 e. The summed E-state index contributed by atoms with van der Waals surface area (Å²) >= 11 is 0. The second-order valence-electron chi connectivity index (χ2n) is 8.83. The molecule has 1 atom stereocenters. The first kappa shape index (κ1) is 23.0. The van der Waals surface area contributed by atoms with E-state index in [9.17, 15) is 5.26 Å². The lowest BCUT2D eigenvalue weighted by molar-refractivity contribution is 0.210. The number of hydrogen-bond donors (Lipinski definition) is 0. The molecule has 1 aliphatic rings. The van der Waals surface area contributed by atoms with Crippen LogP contribution in [0, 0.1) is 11.3 Å². The van der Waals surface area contributed by atoms with Crippen LogP contribution in [0.15, 0.2) is 48.5 Å². The first-order valence-corrected chi connectivity index (χ1v) is 12.0. The largest absolute Gasteiger partial charge is 0.496 e. The van der Waals surface area contributed by atoms with E-state index in [1.54, 1.807) is 7.11 Å². The summed E-state index contributed by atoms with van der Waals surface area (Å²) in [7, 11) is 3.83. The van der Waals surface area contributed by atoms with Crippen molar-refractivity contribution in [2.24, 2.45) is 0 Å². The Bertz CT molecular complexity index is 1160. The molecule has 0 fully saturated rings. The highest BCUT2D eigenvalue weighted by atomic mass is 16.5. The molecule has 33 heavy (non-hydrogen) atoms. The molecule has 0 spiro atoms. The number of nitriles is 1. The highest BCUT2D eigenvalue weighted by molar-refractivity contribution is 5.70. The quantitative estimate of drug-likeness (QED) is 0.436. The monoisotopic (exact) mass is 439 g/mol. The second-order valence-corrected chi connectivity index (χ2v) is 8.83. The molecule has 170 valence electrons. The number of aromatic nitrogens is 1. The Balaban J connectivity index is 1.74. The van der Waals surface area contributed by atoms with Gasteiger partial charge in [-0.3, -0.25) is 4.90 Å². The Morgan fingerprint density at radius 1 is 1.09 bits per heavy atom. The molecule has 0 saturated carbocycles. The molecule has 4 nitrogen and oxygen atoms in total. The topological polar surface area (TPSA) is 49.1 Å². The van der Waals surface area contributed by atoms with Crippen LogP contribution in [0.2, 0.25) is 0 Å². The fourth-order valence-corrected chi connectivity index (χ4v) is 5.22. The minimum absolute atomic E-state index is 0.332. The molecule has 0 radical (unpaired) electrons. The van der Waals surface area contributed by atoms with E-state index in [0.717, 1.165) is 48.3 Å². The van der Waals surface area contributed by atoms with Crippen LogP contribution in [0.5, 0.6) is 5.75 Å². The average molecular weight is 440 g/mol. The van der Waals surface area contributed by atoms with E-state index in [-0.39, 0.29) is 0 Å². The second kappa shape index (κ2) is 10.2. The van der Waals surface area contributed by atoms with Crippen LogP contribution in [0.3, 0.4) is 0 Å². The van der Waals surface area contributed by atoms with Crippen molar-refractivity contribution in [3.8, 4) is 23.1 Å². The molecule has 0 bridgehead atoms. The molecule has 1 aliphatic carbocycles. The van der Waals surface area contributed by atoms with Gasteiger partial charge in [0, 0.05) is 29.8 Å². The number of nitrogens with zero attached hydrogens (tertiary/aromatic N) is 3. The Morgan fingerprint density at radius 2 is 1.82 bits per heavy atom. The van der Waals surface area contributed by atoms with E-state index in [1.807, 2.05) is 6.07 Å². The Labute approximate surface area is 197 Å². The number of ether oxygens (including phenoxy) is 1. The maximum atomic E-state index is 10.1. The van der Waals surface area contributed by atoms with Gasteiger partial charge in [-0.25, -0.2) is 4.98 Å². The van der Waals surface area contributed by atoms with Gasteiger partial charge in [0.25, 0.3) is 0 Å². The van der Waals surface area contributed by atoms with Gasteiger partial charge in [0.15, 0.2) is 0 Å². The zero-order valence-corrected chi connectivity index (χ0v) is 20.2. The molecule has 1 heterocycles. The van der Waals surface area contributed by atoms with E-state index >= 15 is 0 Å². The zero-order valence-electron chi connectivity index (χ0n) is 20.2. The highest BCUT2D eigenvalue weighted by Gasteiger charge is 2.26. The summed E-state index contributed by atoms with van der Waals surface area (Å²) in [5.41, 5.74) is 8.61. The van der Waals surface area contributed by atoms with Gasteiger partial charge >= 0.3 is 0 Å². The van der Waals surface area contributed by atoms with Gasteiger partial charge in [-0.1, -0.05) is 56.3 Å². The Morgan fingerprint density at radius 3 is 2.48 bits per heavy atom. The van der Waals surface area contributed by atoms with Gasteiger partial charge in [-0.15, -0.1) is 0 Å². The van der Waals surface area contributed by atoms with E-state index in [0.29, 0.717) is 18.3 Å². The van der Waals surface area contributed by atoms with Crippen molar-refractivity contribution in [2.75, 3.05) is 14.2 Å². The third-order valence-electron chi connectivity index (χ3n) is 6.94. The molecule has 4 heteroatoms. The van der Waals surface area contributed by atoms with Crippen LogP contribution in [0.4, 0.5) is 0 Å². The SMILES string of the molecule is CCc1cccc(CC)c1-c1cc(OC)c(CN(C)C2CCCc3ccccc32)c(C#N)n1.